The first kappa shape index (κ1) is 19.7. The maximum atomic E-state index is 12.9. The summed E-state index contributed by atoms with van der Waals surface area (Å²) in [6.07, 6.45) is -1.63. The van der Waals surface area contributed by atoms with E-state index >= 15 is 0 Å². The number of rotatable bonds is 4. The van der Waals surface area contributed by atoms with Crippen molar-refractivity contribution in [1.29, 1.82) is 0 Å². The lowest BCUT2D eigenvalue weighted by Gasteiger charge is -2.19. The van der Waals surface area contributed by atoms with Crippen molar-refractivity contribution in [1.82, 2.24) is 4.90 Å². The standard InChI is InChI=1S/C18H18ClF3N2O3/c19-14-6-5-10(9-13(14)18(20,21)22)23-15(25)7-8-24-16(26)11-3-1-2-4-12(11)17(24)27/h5-6,9,11-12H,1-4,7-8H2,(H,23,25)/t11-,12+. The molecule has 0 bridgehead atoms. The van der Waals surface area contributed by atoms with Gasteiger partial charge >= 0.3 is 6.18 Å². The second-order valence-corrected chi connectivity index (χ2v) is 7.22. The number of hydrogen-bond donors (Lipinski definition) is 1. The molecule has 2 atom stereocenters. The molecule has 2 aliphatic rings. The van der Waals surface area contributed by atoms with Crippen LogP contribution < -0.4 is 5.32 Å². The number of imide groups is 1. The molecule has 3 rings (SSSR count). The minimum absolute atomic E-state index is 0.0514. The Kier molecular flexibility index (Phi) is 5.46. The van der Waals surface area contributed by atoms with Crippen LogP contribution in [-0.2, 0) is 20.6 Å². The Bertz CT molecular complexity index is 758. The number of nitrogens with zero attached hydrogens (tertiary/aromatic N) is 1. The van der Waals surface area contributed by atoms with E-state index in [1.54, 1.807) is 0 Å². The van der Waals surface area contributed by atoms with Crippen LogP contribution in [0, 0.1) is 11.8 Å². The molecule has 1 aliphatic heterocycles. The first-order chi connectivity index (χ1) is 12.7. The smallest absolute Gasteiger partial charge is 0.326 e. The molecule has 27 heavy (non-hydrogen) atoms. The molecule has 5 nitrogen and oxygen atoms in total. The van der Waals surface area contributed by atoms with Crippen molar-refractivity contribution in [3.05, 3.63) is 28.8 Å². The van der Waals surface area contributed by atoms with Gasteiger partial charge in [0.25, 0.3) is 0 Å². The number of hydrogen-bond acceptors (Lipinski definition) is 3. The summed E-state index contributed by atoms with van der Waals surface area (Å²) in [5, 5.41) is 1.89. The van der Waals surface area contributed by atoms with Gasteiger partial charge < -0.3 is 5.32 Å². The number of nitrogens with one attached hydrogen (secondary N) is 1. The second-order valence-electron chi connectivity index (χ2n) is 6.82. The van der Waals surface area contributed by atoms with Crippen molar-refractivity contribution < 1.29 is 27.6 Å². The average Bonchev–Trinajstić information content (AvgIpc) is 2.85. The molecule has 1 aromatic rings. The topological polar surface area (TPSA) is 66.5 Å². The Labute approximate surface area is 158 Å². The highest BCUT2D eigenvalue weighted by molar-refractivity contribution is 6.31. The van der Waals surface area contributed by atoms with Crippen LogP contribution >= 0.6 is 11.6 Å². The second kappa shape index (κ2) is 7.50. The molecule has 1 aliphatic carbocycles. The molecule has 0 radical (unpaired) electrons. The van der Waals surface area contributed by atoms with E-state index in [2.05, 4.69) is 5.32 Å². The van der Waals surface area contributed by atoms with Crippen LogP contribution in [0.25, 0.3) is 0 Å². The largest absolute Gasteiger partial charge is 0.417 e. The number of halogens is 4. The first-order valence-corrected chi connectivity index (χ1v) is 9.08. The molecule has 0 spiro atoms. The number of carbonyl (C=O) groups excluding carboxylic acids is 3. The van der Waals surface area contributed by atoms with Crippen molar-refractivity contribution >= 4 is 35.0 Å². The van der Waals surface area contributed by atoms with E-state index in [4.69, 9.17) is 11.6 Å². The molecular formula is C18H18ClF3N2O3. The maximum Gasteiger partial charge on any atom is 0.417 e. The Morgan fingerprint density at radius 3 is 2.30 bits per heavy atom. The number of alkyl halides is 3. The summed E-state index contributed by atoms with van der Waals surface area (Å²) in [4.78, 5) is 37.9. The number of fused-ring (bicyclic) bond motifs is 1. The Hall–Kier alpha value is -2.09. The molecule has 0 unspecified atom stereocenters. The van der Waals surface area contributed by atoms with Gasteiger partial charge in [0, 0.05) is 18.7 Å². The van der Waals surface area contributed by atoms with E-state index < -0.39 is 22.7 Å². The van der Waals surface area contributed by atoms with Crippen LogP contribution in [0.15, 0.2) is 18.2 Å². The molecule has 1 heterocycles. The molecule has 2 fully saturated rings. The summed E-state index contributed by atoms with van der Waals surface area (Å²) in [7, 11) is 0. The van der Waals surface area contributed by atoms with E-state index in [1.165, 1.54) is 6.07 Å². The monoisotopic (exact) mass is 402 g/mol. The molecule has 1 saturated carbocycles. The highest BCUT2D eigenvalue weighted by atomic mass is 35.5. The normalized spacial score (nSPS) is 22.7. The molecule has 9 heteroatoms. The lowest BCUT2D eigenvalue weighted by molar-refractivity contribution is -0.140. The first-order valence-electron chi connectivity index (χ1n) is 8.70. The van der Waals surface area contributed by atoms with Gasteiger partial charge in [0.15, 0.2) is 0 Å². The minimum Gasteiger partial charge on any atom is -0.326 e. The fourth-order valence-corrected chi connectivity index (χ4v) is 3.93. The Morgan fingerprint density at radius 2 is 1.74 bits per heavy atom. The van der Waals surface area contributed by atoms with Crippen LogP contribution in [0.4, 0.5) is 18.9 Å². The van der Waals surface area contributed by atoms with Crippen LogP contribution in [0.1, 0.15) is 37.7 Å². The number of amides is 3. The van der Waals surface area contributed by atoms with E-state index in [1.807, 2.05) is 0 Å². The average molecular weight is 403 g/mol. The highest BCUT2D eigenvalue weighted by Gasteiger charge is 2.47. The van der Waals surface area contributed by atoms with Gasteiger partial charge in [-0.3, -0.25) is 19.3 Å². The maximum absolute atomic E-state index is 12.9. The van der Waals surface area contributed by atoms with Gasteiger partial charge in [-0.05, 0) is 31.0 Å². The fourth-order valence-electron chi connectivity index (χ4n) is 3.71. The van der Waals surface area contributed by atoms with Crippen LogP contribution in [-0.4, -0.2) is 29.2 Å². The predicted octanol–water partition coefficient (Wildman–Crippen LogP) is 3.86. The van der Waals surface area contributed by atoms with Gasteiger partial charge in [-0.2, -0.15) is 13.2 Å². The number of benzene rings is 1. The summed E-state index contributed by atoms with van der Waals surface area (Å²) in [5.41, 5.74) is -1.10. The summed E-state index contributed by atoms with van der Waals surface area (Å²) < 4.78 is 38.6. The summed E-state index contributed by atoms with van der Waals surface area (Å²) in [6.45, 7) is -0.0732. The zero-order valence-corrected chi connectivity index (χ0v) is 15.1. The molecule has 0 aromatic heterocycles. The molecule has 1 N–H and O–H groups in total. The Morgan fingerprint density at radius 1 is 1.15 bits per heavy atom. The Balaban J connectivity index is 1.60. The van der Waals surface area contributed by atoms with Gasteiger partial charge in [-0.1, -0.05) is 24.4 Å². The zero-order chi connectivity index (χ0) is 19.8. The van der Waals surface area contributed by atoms with Crippen LogP contribution in [0.3, 0.4) is 0 Å². The van der Waals surface area contributed by atoms with Crippen LogP contribution in [0.5, 0.6) is 0 Å². The number of carbonyl (C=O) groups is 3. The van der Waals surface area contributed by atoms with Gasteiger partial charge in [-0.25, -0.2) is 0 Å². The van der Waals surface area contributed by atoms with Crippen molar-refractivity contribution in [3.63, 3.8) is 0 Å². The van der Waals surface area contributed by atoms with E-state index in [9.17, 15) is 27.6 Å². The number of anilines is 1. The number of likely N-dealkylation sites (tertiary alicyclic amines) is 1. The van der Waals surface area contributed by atoms with Crippen LogP contribution in [0.2, 0.25) is 5.02 Å². The van der Waals surface area contributed by atoms with Gasteiger partial charge in [-0.15, -0.1) is 0 Å². The van der Waals surface area contributed by atoms with E-state index in [0.717, 1.165) is 29.9 Å². The molecule has 146 valence electrons. The van der Waals surface area contributed by atoms with E-state index in [0.29, 0.717) is 12.8 Å². The molecular weight excluding hydrogens is 385 g/mol. The minimum atomic E-state index is -4.64. The molecule has 1 aromatic carbocycles. The van der Waals surface area contributed by atoms with Gasteiger partial charge in [0.1, 0.15) is 0 Å². The summed E-state index contributed by atoms with van der Waals surface area (Å²) in [6, 6.07) is 3.06. The third-order valence-corrected chi connectivity index (χ3v) is 5.38. The fraction of sp³-hybridized carbons (Fsp3) is 0.500. The molecule has 1 saturated heterocycles. The summed E-state index contributed by atoms with van der Waals surface area (Å²) >= 11 is 5.54. The van der Waals surface area contributed by atoms with Crippen molar-refractivity contribution in [2.45, 2.75) is 38.3 Å². The molecule has 3 amide bonds. The zero-order valence-electron chi connectivity index (χ0n) is 14.3. The van der Waals surface area contributed by atoms with Crippen molar-refractivity contribution in [3.8, 4) is 0 Å². The van der Waals surface area contributed by atoms with Crippen molar-refractivity contribution in [2.24, 2.45) is 11.8 Å². The van der Waals surface area contributed by atoms with Gasteiger partial charge in [0.05, 0.1) is 22.4 Å². The lowest BCUT2D eigenvalue weighted by Crippen LogP contribution is -2.34. The SMILES string of the molecule is O=C(CCN1C(=O)[C@H]2CCCC[C@H]2C1=O)Nc1ccc(Cl)c(C(F)(F)F)c1. The quantitative estimate of drug-likeness (QED) is 0.778. The highest BCUT2D eigenvalue weighted by Crippen LogP contribution is 2.38. The predicted molar refractivity (Wildman–Crippen MR) is 91.9 cm³/mol. The third kappa shape index (κ3) is 4.10. The summed E-state index contributed by atoms with van der Waals surface area (Å²) in [5.74, 6) is -1.66. The van der Waals surface area contributed by atoms with Crippen molar-refractivity contribution in [2.75, 3.05) is 11.9 Å². The van der Waals surface area contributed by atoms with E-state index in [-0.39, 0.29) is 42.3 Å². The third-order valence-electron chi connectivity index (χ3n) is 5.05. The van der Waals surface area contributed by atoms with Gasteiger partial charge in [0.2, 0.25) is 17.7 Å². The lowest BCUT2D eigenvalue weighted by atomic mass is 9.81.